The Hall–Kier alpha value is -3.82. The van der Waals surface area contributed by atoms with Crippen molar-refractivity contribution >= 4 is 28.7 Å². The van der Waals surface area contributed by atoms with Gasteiger partial charge in [-0.2, -0.15) is 0 Å². The summed E-state index contributed by atoms with van der Waals surface area (Å²) >= 11 is 0. The second-order valence-electron chi connectivity index (χ2n) is 6.69. The van der Waals surface area contributed by atoms with Crippen LogP contribution in [0.4, 0.5) is 13.2 Å². The number of ether oxygens (including phenoxy) is 1. The maximum atomic E-state index is 13.9. The number of aliphatic imine (C=N–C) groups is 1. The summed E-state index contributed by atoms with van der Waals surface area (Å²) in [6.45, 7) is 0.458. The van der Waals surface area contributed by atoms with Crippen LogP contribution in [-0.4, -0.2) is 35.4 Å². The van der Waals surface area contributed by atoms with Gasteiger partial charge in [0.15, 0.2) is 11.6 Å². The van der Waals surface area contributed by atoms with E-state index in [1.54, 1.807) is 0 Å². The third-order valence-electron chi connectivity index (χ3n) is 4.71. The number of aromatic nitrogens is 1. The standard InChI is InChI=1S/C20H16F3N5O2/c21-10-3-1-9(2-4-10)17-16(11-7-12(22)13(23)8-15(11)27-17)18(24)30-20(25)28-14-5-6-26-19(14)29/h1-4,7-8,14,24,27H,5-6H2,(H2,25,28)(H,26,29). The molecule has 0 aliphatic carbocycles. The van der Waals surface area contributed by atoms with Crippen LogP contribution < -0.4 is 11.1 Å². The van der Waals surface area contributed by atoms with E-state index in [9.17, 15) is 18.0 Å². The first-order chi connectivity index (χ1) is 14.3. The molecule has 1 aromatic heterocycles. The Labute approximate surface area is 168 Å². The van der Waals surface area contributed by atoms with E-state index in [-0.39, 0.29) is 28.1 Å². The van der Waals surface area contributed by atoms with Crippen molar-refractivity contribution in [2.75, 3.05) is 6.54 Å². The number of carbonyl (C=O) groups excluding carboxylic acids is 1. The molecule has 10 heteroatoms. The van der Waals surface area contributed by atoms with Gasteiger partial charge in [0.2, 0.25) is 11.8 Å². The SMILES string of the molecule is N=C(OC(N)=NC1CCNC1=O)c1c(-c2ccc(F)cc2)[nH]c2cc(F)c(F)cc12. The Bertz CT molecular complexity index is 1190. The lowest BCUT2D eigenvalue weighted by Gasteiger charge is -2.09. The van der Waals surface area contributed by atoms with Gasteiger partial charge in [0.25, 0.3) is 6.02 Å². The van der Waals surface area contributed by atoms with Crippen LogP contribution in [0.5, 0.6) is 0 Å². The predicted molar refractivity (Wildman–Crippen MR) is 105 cm³/mol. The van der Waals surface area contributed by atoms with E-state index in [1.807, 2.05) is 0 Å². The molecule has 1 unspecified atom stereocenters. The van der Waals surface area contributed by atoms with Crippen molar-refractivity contribution in [1.29, 1.82) is 5.41 Å². The number of halogens is 3. The van der Waals surface area contributed by atoms with Gasteiger partial charge < -0.3 is 20.8 Å². The van der Waals surface area contributed by atoms with E-state index in [2.05, 4.69) is 15.3 Å². The Morgan fingerprint density at radius 3 is 2.53 bits per heavy atom. The topological polar surface area (TPSA) is 116 Å². The van der Waals surface area contributed by atoms with Crippen LogP contribution in [-0.2, 0) is 9.53 Å². The first kappa shape index (κ1) is 19.5. The Kier molecular flexibility index (Phi) is 4.90. The van der Waals surface area contributed by atoms with E-state index in [4.69, 9.17) is 15.9 Å². The van der Waals surface area contributed by atoms with Crippen LogP contribution in [0.2, 0.25) is 0 Å². The number of benzene rings is 2. The molecule has 154 valence electrons. The number of nitrogens with one attached hydrogen (secondary N) is 3. The molecular weight excluding hydrogens is 399 g/mol. The van der Waals surface area contributed by atoms with Crippen LogP contribution >= 0.6 is 0 Å². The minimum atomic E-state index is -1.11. The minimum absolute atomic E-state index is 0.0875. The van der Waals surface area contributed by atoms with Crippen LogP contribution in [0.25, 0.3) is 22.2 Å². The number of carbonyl (C=O) groups is 1. The van der Waals surface area contributed by atoms with Crippen LogP contribution in [0.15, 0.2) is 41.4 Å². The molecule has 1 saturated heterocycles. The summed E-state index contributed by atoms with van der Waals surface area (Å²) in [5.41, 5.74) is 6.78. The summed E-state index contributed by atoms with van der Waals surface area (Å²) in [6, 6.07) is 6.07. The summed E-state index contributed by atoms with van der Waals surface area (Å²) in [6.07, 6.45) is 0.439. The fraction of sp³-hybridized carbons (Fsp3) is 0.150. The van der Waals surface area contributed by atoms with Crippen LogP contribution in [0, 0.1) is 22.9 Å². The Balaban J connectivity index is 1.77. The number of H-pyrrole nitrogens is 1. The van der Waals surface area contributed by atoms with Crippen LogP contribution in [0.3, 0.4) is 0 Å². The zero-order valence-electron chi connectivity index (χ0n) is 15.4. The third-order valence-corrected chi connectivity index (χ3v) is 4.71. The lowest BCUT2D eigenvalue weighted by atomic mass is 10.0. The fourth-order valence-electron chi connectivity index (χ4n) is 3.30. The van der Waals surface area contributed by atoms with Crippen molar-refractivity contribution in [3.8, 4) is 11.3 Å². The summed E-state index contributed by atoms with van der Waals surface area (Å²) in [4.78, 5) is 18.5. The van der Waals surface area contributed by atoms with E-state index >= 15 is 0 Å². The molecule has 0 spiro atoms. The first-order valence-electron chi connectivity index (χ1n) is 8.98. The smallest absolute Gasteiger partial charge is 0.289 e. The normalized spacial score (nSPS) is 16.7. The molecule has 5 N–H and O–H groups in total. The van der Waals surface area contributed by atoms with E-state index < -0.39 is 35.4 Å². The summed E-state index contributed by atoms with van der Waals surface area (Å²) < 4.78 is 46.2. The lowest BCUT2D eigenvalue weighted by molar-refractivity contribution is -0.120. The average Bonchev–Trinajstić information content (AvgIpc) is 3.26. The lowest BCUT2D eigenvalue weighted by Crippen LogP contribution is -2.27. The summed E-state index contributed by atoms with van der Waals surface area (Å²) in [5.74, 6) is -3.44. The number of rotatable bonds is 3. The van der Waals surface area contributed by atoms with Gasteiger partial charge >= 0.3 is 0 Å². The van der Waals surface area contributed by atoms with E-state index in [0.717, 1.165) is 12.1 Å². The zero-order valence-corrected chi connectivity index (χ0v) is 15.4. The van der Waals surface area contributed by atoms with Gasteiger partial charge in [-0.15, -0.1) is 0 Å². The molecule has 0 saturated carbocycles. The number of nitrogens with zero attached hydrogens (tertiary/aromatic N) is 1. The molecule has 0 radical (unpaired) electrons. The second kappa shape index (κ2) is 7.54. The van der Waals surface area contributed by atoms with Gasteiger partial charge in [0.05, 0.1) is 11.3 Å². The maximum Gasteiger partial charge on any atom is 0.289 e. The van der Waals surface area contributed by atoms with Gasteiger partial charge in [-0.3, -0.25) is 10.2 Å². The van der Waals surface area contributed by atoms with Gasteiger partial charge in [-0.05, 0) is 42.3 Å². The molecule has 30 heavy (non-hydrogen) atoms. The molecular formula is C20H16F3N5O2. The van der Waals surface area contributed by atoms with Crippen molar-refractivity contribution < 1.29 is 22.7 Å². The molecule has 0 bridgehead atoms. The number of hydrogen-bond acceptors (Lipinski definition) is 4. The number of hydrogen-bond donors (Lipinski definition) is 4. The van der Waals surface area contributed by atoms with Crippen molar-refractivity contribution in [1.82, 2.24) is 10.3 Å². The largest absolute Gasteiger partial charge is 0.407 e. The number of amides is 1. The molecule has 1 amide bonds. The van der Waals surface area contributed by atoms with Crippen molar-refractivity contribution in [3.63, 3.8) is 0 Å². The predicted octanol–water partition coefficient (Wildman–Crippen LogP) is 2.80. The van der Waals surface area contributed by atoms with Gasteiger partial charge in [-0.25, -0.2) is 18.2 Å². The average molecular weight is 415 g/mol. The molecule has 2 aromatic carbocycles. The highest BCUT2D eigenvalue weighted by molar-refractivity contribution is 6.13. The van der Waals surface area contributed by atoms with Crippen molar-refractivity contribution in [2.24, 2.45) is 10.7 Å². The molecule has 1 fully saturated rings. The highest BCUT2D eigenvalue weighted by Crippen LogP contribution is 2.32. The maximum absolute atomic E-state index is 13.9. The van der Waals surface area contributed by atoms with Gasteiger partial charge in [0.1, 0.15) is 11.9 Å². The second-order valence-corrected chi connectivity index (χ2v) is 6.69. The minimum Gasteiger partial charge on any atom is -0.407 e. The molecule has 4 rings (SSSR count). The highest BCUT2D eigenvalue weighted by atomic mass is 19.2. The Morgan fingerprint density at radius 1 is 1.17 bits per heavy atom. The Morgan fingerprint density at radius 2 is 1.87 bits per heavy atom. The number of fused-ring (bicyclic) bond motifs is 1. The molecule has 1 atom stereocenters. The number of nitrogens with two attached hydrogens (primary N) is 1. The molecule has 3 aromatic rings. The quantitative estimate of drug-likeness (QED) is 0.389. The van der Waals surface area contributed by atoms with Crippen molar-refractivity contribution in [2.45, 2.75) is 12.5 Å². The monoisotopic (exact) mass is 415 g/mol. The van der Waals surface area contributed by atoms with Gasteiger partial charge in [-0.1, -0.05) is 0 Å². The number of amidine groups is 1. The van der Waals surface area contributed by atoms with Gasteiger partial charge in [0, 0.05) is 23.5 Å². The van der Waals surface area contributed by atoms with Crippen LogP contribution in [0.1, 0.15) is 12.0 Å². The number of aromatic amines is 1. The summed E-state index contributed by atoms with van der Waals surface area (Å²) in [5, 5.41) is 11.1. The fourth-order valence-corrected chi connectivity index (χ4v) is 3.30. The zero-order chi connectivity index (χ0) is 21.4. The third kappa shape index (κ3) is 3.59. The molecule has 7 nitrogen and oxygen atoms in total. The summed E-state index contributed by atoms with van der Waals surface area (Å²) in [7, 11) is 0. The highest BCUT2D eigenvalue weighted by Gasteiger charge is 2.25. The van der Waals surface area contributed by atoms with E-state index in [1.165, 1.54) is 24.3 Å². The van der Waals surface area contributed by atoms with Crippen molar-refractivity contribution in [3.05, 3.63) is 59.4 Å². The first-order valence-corrected chi connectivity index (χ1v) is 8.98. The molecule has 1 aliphatic heterocycles. The molecule has 2 heterocycles. The molecule has 1 aliphatic rings. The van der Waals surface area contributed by atoms with E-state index in [0.29, 0.717) is 18.5 Å².